The van der Waals surface area contributed by atoms with E-state index in [0.717, 1.165) is 30.6 Å². The number of nitrogens with zero attached hydrogens (tertiary/aromatic N) is 1. The molecule has 1 fully saturated rings. The molecule has 0 aliphatic carbocycles. The molecule has 152 valence electrons. The number of rotatable bonds is 8. The summed E-state index contributed by atoms with van der Waals surface area (Å²) in [4.78, 5) is 25.8. The monoisotopic (exact) mass is 394 g/mol. The summed E-state index contributed by atoms with van der Waals surface area (Å²) in [5, 5.41) is 2.82. The molecule has 0 atom stereocenters. The van der Waals surface area contributed by atoms with Gasteiger partial charge >= 0.3 is 0 Å². The van der Waals surface area contributed by atoms with Crippen LogP contribution in [0.2, 0.25) is 0 Å². The Labute approximate surface area is 171 Å². The molecule has 0 spiro atoms. The maximum Gasteiger partial charge on any atom is 0.248 e. The largest absolute Gasteiger partial charge is 0.493 e. The van der Waals surface area contributed by atoms with E-state index in [1.54, 1.807) is 30.2 Å². The van der Waals surface area contributed by atoms with E-state index < -0.39 is 0 Å². The fraction of sp³-hybridized carbons (Fsp3) is 0.304. The first-order valence-corrected chi connectivity index (χ1v) is 9.81. The molecule has 6 nitrogen and oxygen atoms in total. The van der Waals surface area contributed by atoms with E-state index in [-0.39, 0.29) is 11.8 Å². The molecule has 6 heteroatoms. The second-order valence-electron chi connectivity index (χ2n) is 6.78. The van der Waals surface area contributed by atoms with Gasteiger partial charge in [0.25, 0.3) is 0 Å². The lowest BCUT2D eigenvalue weighted by atomic mass is 10.2. The maximum atomic E-state index is 12.2. The maximum absolute atomic E-state index is 12.2. The van der Waals surface area contributed by atoms with Crippen molar-refractivity contribution in [3.63, 3.8) is 0 Å². The van der Waals surface area contributed by atoms with E-state index in [4.69, 9.17) is 9.47 Å². The summed E-state index contributed by atoms with van der Waals surface area (Å²) in [5.41, 5.74) is 2.37. The Morgan fingerprint density at radius 2 is 1.97 bits per heavy atom. The zero-order chi connectivity index (χ0) is 20.6. The third kappa shape index (κ3) is 5.38. The molecule has 2 aromatic carbocycles. The summed E-state index contributed by atoms with van der Waals surface area (Å²) in [5.74, 6) is 1.23. The molecule has 2 aromatic rings. The van der Waals surface area contributed by atoms with E-state index in [0.29, 0.717) is 30.2 Å². The number of hydrogen-bond acceptors (Lipinski definition) is 4. The Morgan fingerprint density at radius 1 is 1.17 bits per heavy atom. The van der Waals surface area contributed by atoms with Crippen LogP contribution >= 0.6 is 0 Å². The van der Waals surface area contributed by atoms with E-state index in [1.807, 2.05) is 37.3 Å². The number of hydrogen-bond donors (Lipinski definition) is 1. The summed E-state index contributed by atoms with van der Waals surface area (Å²) in [6.45, 7) is 3.42. The number of carbonyl (C=O) groups excluding carboxylic acids is 2. The molecule has 2 amide bonds. The molecule has 0 bridgehead atoms. The van der Waals surface area contributed by atoms with Gasteiger partial charge in [-0.25, -0.2) is 0 Å². The van der Waals surface area contributed by atoms with Gasteiger partial charge in [0.15, 0.2) is 11.5 Å². The highest BCUT2D eigenvalue weighted by Gasteiger charge is 2.21. The summed E-state index contributed by atoms with van der Waals surface area (Å²) in [6, 6.07) is 12.8. The van der Waals surface area contributed by atoms with Crippen LogP contribution in [-0.4, -0.2) is 32.1 Å². The molecule has 1 N–H and O–H groups in total. The summed E-state index contributed by atoms with van der Waals surface area (Å²) >= 11 is 0. The van der Waals surface area contributed by atoms with Crippen LogP contribution in [0.4, 0.5) is 11.4 Å². The van der Waals surface area contributed by atoms with E-state index in [2.05, 4.69) is 5.32 Å². The third-order valence-electron chi connectivity index (χ3n) is 4.60. The minimum absolute atomic E-state index is 0.145. The first kappa shape index (κ1) is 20.5. The Bertz CT molecular complexity index is 890. The lowest BCUT2D eigenvalue weighted by Gasteiger charge is -2.15. The highest BCUT2D eigenvalue weighted by molar-refractivity contribution is 6.02. The highest BCUT2D eigenvalue weighted by atomic mass is 16.5. The van der Waals surface area contributed by atoms with Gasteiger partial charge in [-0.2, -0.15) is 0 Å². The average molecular weight is 394 g/mol. The van der Waals surface area contributed by atoms with Gasteiger partial charge in [0.1, 0.15) is 0 Å². The van der Waals surface area contributed by atoms with Crippen LogP contribution in [0, 0.1) is 0 Å². The van der Waals surface area contributed by atoms with Crippen molar-refractivity contribution in [2.75, 3.05) is 30.5 Å². The van der Waals surface area contributed by atoms with Crippen LogP contribution in [0.15, 0.2) is 48.5 Å². The minimum atomic E-state index is -0.236. The summed E-state index contributed by atoms with van der Waals surface area (Å²) < 4.78 is 11.0. The number of nitrogens with one attached hydrogen (secondary N) is 1. The van der Waals surface area contributed by atoms with Crippen LogP contribution in [0.3, 0.4) is 0 Å². The molecular weight excluding hydrogens is 368 g/mol. The SMILES string of the molecule is CCCOc1ccc(/C=C/C(=O)Nc2ccc(N3CCCC3=O)cc2)cc1OC. The van der Waals surface area contributed by atoms with Crippen LogP contribution in [-0.2, 0) is 9.59 Å². The van der Waals surface area contributed by atoms with Gasteiger partial charge in [0.05, 0.1) is 13.7 Å². The molecule has 29 heavy (non-hydrogen) atoms. The third-order valence-corrected chi connectivity index (χ3v) is 4.60. The second kappa shape index (κ2) is 9.78. The quantitative estimate of drug-likeness (QED) is 0.679. The van der Waals surface area contributed by atoms with Gasteiger partial charge in [0, 0.05) is 30.4 Å². The number of ether oxygens (including phenoxy) is 2. The Morgan fingerprint density at radius 3 is 2.62 bits per heavy atom. The topological polar surface area (TPSA) is 67.9 Å². The number of anilines is 2. The van der Waals surface area contributed by atoms with Gasteiger partial charge in [-0.3, -0.25) is 9.59 Å². The van der Waals surface area contributed by atoms with Crippen molar-refractivity contribution in [1.82, 2.24) is 0 Å². The van der Waals surface area contributed by atoms with Gasteiger partial charge in [-0.15, -0.1) is 0 Å². The zero-order valence-corrected chi connectivity index (χ0v) is 16.8. The Kier molecular flexibility index (Phi) is 6.89. The molecule has 1 aliphatic rings. The smallest absolute Gasteiger partial charge is 0.248 e. The predicted molar refractivity (Wildman–Crippen MR) is 114 cm³/mol. The molecular formula is C23H26N2O4. The molecule has 1 saturated heterocycles. The molecule has 0 aromatic heterocycles. The van der Waals surface area contributed by atoms with Crippen molar-refractivity contribution in [3.05, 3.63) is 54.1 Å². The van der Waals surface area contributed by atoms with Crippen molar-refractivity contribution in [1.29, 1.82) is 0 Å². The molecule has 1 aliphatic heterocycles. The van der Waals surface area contributed by atoms with Crippen molar-refractivity contribution < 1.29 is 19.1 Å². The van der Waals surface area contributed by atoms with Gasteiger partial charge in [0.2, 0.25) is 11.8 Å². The molecule has 0 radical (unpaired) electrons. The van der Waals surface area contributed by atoms with Crippen molar-refractivity contribution in [2.45, 2.75) is 26.2 Å². The number of carbonyl (C=O) groups is 2. The zero-order valence-electron chi connectivity index (χ0n) is 16.8. The predicted octanol–water partition coefficient (Wildman–Crippen LogP) is 4.26. The van der Waals surface area contributed by atoms with Crippen molar-refractivity contribution in [2.24, 2.45) is 0 Å². The lowest BCUT2D eigenvalue weighted by molar-refractivity contribution is -0.117. The lowest BCUT2D eigenvalue weighted by Crippen LogP contribution is -2.23. The first-order valence-electron chi connectivity index (χ1n) is 9.81. The molecule has 1 heterocycles. The Hall–Kier alpha value is -3.28. The number of methoxy groups -OCH3 is 1. The fourth-order valence-electron chi connectivity index (χ4n) is 3.12. The van der Waals surface area contributed by atoms with Gasteiger partial charge in [-0.1, -0.05) is 13.0 Å². The molecule has 0 unspecified atom stereocenters. The van der Waals surface area contributed by atoms with Gasteiger partial charge < -0.3 is 19.7 Å². The van der Waals surface area contributed by atoms with E-state index in [1.165, 1.54) is 6.08 Å². The van der Waals surface area contributed by atoms with Crippen molar-refractivity contribution >= 4 is 29.3 Å². The molecule has 3 rings (SSSR count). The minimum Gasteiger partial charge on any atom is -0.493 e. The Balaban J connectivity index is 1.60. The average Bonchev–Trinajstić information content (AvgIpc) is 3.17. The van der Waals surface area contributed by atoms with Crippen LogP contribution in [0.5, 0.6) is 11.5 Å². The van der Waals surface area contributed by atoms with Crippen molar-refractivity contribution in [3.8, 4) is 11.5 Å². The number of amides is 2. The summed E-state index contributed by atoms with van der Waals surface area (Å²) in [7, 11) is 1.59. The fourth-order valence-corrected chi connectivity index (χ4v) is 3.12. The van der Waals surface area contributed by atoms with Gasteiger partial charge in [-0.05, 0) is 60.9 Å². The highest BCUT2D eigenvalue weighted by Crippen LogP contribution is 2.28. The molecule has 0 saturated carbocycles. The second-order valence-corrected chi connectivity index (χ2v) is 6.78. The van der Waals surface area contributed by atoms with E-state index >= 15 is 0 Å². The van der Waals surface area contributed by atoms with Crippen LogP contribution in [0.1, 0.15) is 31.7 Å². The standard InChI is InChI=1S/C23H26N2O4/c1-3-15-29-20-12-6-17(16-21(20)28-2)7-13-22(26)24-18-8-10-19(11-9-18)25-14-4-5-23(25)27/h6-13,16H,3-5,14-15H2,1-2H3,(H,24,26)/b13-7+. The van der Waals surface area contributed by atoms with Crippen LogP contribution in [0.25, 0.3) is 6.08 Å². The number of benzene rings is 2. The van der Waals surface area contributed by atoms with Crippen LogP contribution < -0.4 is 19.7 Å². The normalized spacial score (nSPS) is 13.7. The first-order chi connectivity index (χ1) is 14.1. The summed E-state index contributed by atoms with van der Waals surface area (Å²) in [6.07, 6.45) is 5.59. The van der Waals surface area contributed by atoms with E-state index in [9.17, 15) is 9.59 Å².